The number of anilines is 1. The number of methoxy groups -OCH3 is 1. The summed E-state index contributed by atoms with van der Waals surface area (Å²) in [6, 6.07) is 13.9. The van der Waals surface area contributed by atoms with Crippen LogP contribution in [0.15, 0.2) is 48.5 Å². The Bertz CT molecular complexity index is 1030. The number of ether oxygens (including phenoxy) is 2. The van der Waals surface area contributed by atoms with Crippen LogP contribution in [-0.2, 0) is 20.7 Å². The van der Waals surface area contributed by atoms with Crippen molar-refractivity contribution in [3.8, 4) is 5.75 Å². The molecule has 8 heteroatoms. The van der Waals surface area contributed by atoms with E-state index in [1.54, 1.807) is 57.0 Å². The normalized spacial score (nSPS) is 11.8. The summed E-state index contributed by atoms with van der Waals surface area (Å²) < 4.78 is 10.5. The summed E-state index contributed by atoms with van der Waals surface area (Å²) in [6.45, 7) is 9.56. The molecule has 2 N–H and O–H groups in total. The monoisotopic (exact) mass is 525 g/mol. The van der Waals surface area contributed by atoms with Crippen LogP contribution in [0.2, 0.25) is 0 Å². The Balaban J connectivity index is 2.36. The van der Waals surface area contributed by atoms with Crippen LogP contribution in [0.1, 0.15) is 77.5 Å². The van der Waals surface area contributed by atoms with Crippen LogP contribution >= 0.6 is 0 Å². The lowest BCUT2D eigenvalue weighted by Gasteiger charge is -2.32. The molecule has 1 atom stereocenters. The zero-order valence-corrected chi connectivity index (χ0v) is 23.6. The molecule has 0 aliphatic carbocycles. The number of carbonyl (C=O) groups is 3. The van der Waals surface area contributed by atoms with Crippen LogP contribution in [0.25, 0.3) is 0 Å². The molecule has 0 aliphatic rings. The fraction of sp³-hybridized carbons (Fsp3) is 0.500. The van der Waals surface area contributed by atoms with Gasteiger partial charge in [-0.2, -0.15) is 0 Å². The van der Waals surface area contributed by atoms with Gasteiger partial charge in [0, 0.05) is 12.2 Å². The fourth-order valence-electron chi connectivity index (χ4n) is 3.96. The zero-order chi connectivity index (χ0) is 28.1. The van der Waals surface area contributed by atoms with E-state index in [1.165, 1.54) is 0 Å². The molecule has 2 rings (SSSR count). The Morgan fingerprint density at radius 1 is 0.921 bits per heavy atom. The molecule has 0 heterocycles. The van der Waals surface area contributed by atoms with Gasteiger partial charge >= 0.3 is 6.09 Å². The van der Waals surface area contributed by atoms with Crippen LogP contribution in [0.3, 0.4) is 0 Å². The minimum atomic E-state index is -0.877. The molecular formula is C30H43N3O5. The molecule has 0 fully saturated rings. The smallest absolute Gasteiger partial charge is 0.408 e. The molecule has 0 bridgehead atoms. The Kier molecular flexibility index (Phi) is 12.1. The van der Waals surface area contributed by atoms with Crippen LogP contribution in [0.4, 0.5) is 10.5 Å². The number of nitrogens with one attached hydrogen (secondary N) is 2. The molecule has 0 aromatic heterocycles. The summed E-state index contributed by atoms with van der Waals surface area (Å²) >= 11 is 0. The third-order valence-corrected chi connectivity index (χ3v) is 5.98. The lowest BCUT2D eigenvalue weighted by atomic mass is 10.0. The Labute approximate surface area is 227 Å². The highest BCUT2D eigenvalue weighted by Gasteiger charge is 2.31. The summed E-state index contributed by atoms with van der Waals surface area (Å²) in [5.41, 5.74) is 1.75. The van der Waals surface area contributed by atoms with Crippen molar-refractivity contribution in [2.75, 3.05) is 25.5 Å². The molecule has 208 valence electrons. The van der Waals surface area contributed by atoms with Gasteiger partial charge in [-0.25, -0.2) is 4.79 Å². The van der Waals surface area contributed by atoms with E-state index in [-0.39, 0.29) is 18.4 Å². The molecule has 0 aliphatic heterocycles. The summed E-state index contributed by atoms with van der Waals surface area (Å²) in [6.07, 6.45) is 3.94. The first-order valence-electron chi connectivity index (χ1n) is 13.4. The SMILES string of the molecule is CCCCCCN(C(=O)CNC(=O)OC(C)(C)C)C(C(=O)Nc1ccc(OC)cc1)c1ccc(CC)cc1. The van der Waals surface area contributed by atoms with Gasteiger partial charge in [-0.15, -0.1) is 0 Å². The summed E-state index contributed by atoms with van der Waals surface area (Å²) in [4.78, 5) is 41.0. The topological polar surface area (TPSA) is 97.0 Å². The van der Waals surface area contributed by atoms with E-state index in [0.29, 0.717) is 23.5 Å². The molecule has 0 radical (unpaired) electrons. The first-order chi connectivity index (χ1) is 18.1. The maximum absolute atomic E-state index is 13.7. The van der Waals surface area contributed by atoms with Crippen LogP contribution in [-0.4, -0.2) is 48.6 Å². The van der Waals surface area contributed by atoms with Gasteiger partial charge in [0.25, 0.3) is 5.91 Å². The van der Waals surface area contributed by atoms with Gasteiger partial charge in [-0.3, -0.25) is 9.59 Å². The van der Waals surface area contributed by atoms with Crippen molar-refractivity contribution in [1.82, 2.24) is 10.2 Å². The molecule has 1 unspecified atom stereocenters. The zero-order valence-electron chi connectivity index (χ0n) is 23.6. The van der Waals surface area contributed by atoms with Crippen LogP contribution in [0, 0.1) is 0 Å². The lowest BCUT2D eigenvalue weighted by Crippen LogP contribution is -2.47. The molecule has 0 spiro atoms. The average molecular weight is 526 g/mol. The highest BCUT2D eigenvalue weighted by atomic mass is 16.6. The van der Waals surface area contributed by atoms with E-state index in [9.17, 15) is 14.4 Å². The predicted octanol–water partition coefficient (Wildman–Crippen LogP) is 5.87. The molecule has 0 saturated heterocycles. The highest BCUT2D eigenvalue weighted by molar-refractivity contribution is 5.98. The second kappa shape index (κ2) is 15.0. The minimum absolute atomic E-state index is 0.276. The third-order valence-electron chi connectivity index (χ3n) is 5.98. The first-order valence-corrected chi connectivity index (χ1v) is 13.4. The number of carbonyl (C=O) groups excluding carboxylic acids is 3. The van der Waals surface area contributed by atoms with Gasteiger partial charge in [-0.1, -0.05) is 57.4 Å². The number of hydrogen-bond donors (Lipinski definition) is 2. The van der Waals surface area contributed by atoms with Gasteiger partial charge in [0.15, 0.2) is 0 Å². The standard InChI is InChI=1S/C30H43N3O5/c1-7-9-10-11-20-33(26(34)21-31-29(36)38-30(3,4)5)27(23-14-12-22(8-2)13-15-23)28(35)32-24-16-18-25(37-6)19-17-24/h12-19,27H,7-11,20-21H2,1-6H3,(H,31,36)(H,32,35). The van der Waals surface area contributed by atoms with Gasteiger partial charge in [-0.05, 0) is 69.0 Å². The predicted molar refractivity (Wildman–Crippen MR) is 150 cm³/mol. The van der Waals surface area contributed by atoms with E-state index in [2.05, 4.69) is 24.5 Å². The van der Waals surface area contributed by atoms with E-state index in [0.717, 1.165) is 37.7 Å². The molecule has 2 aromatic carbocycles. The van der Waals surface area contributed by atoms with Crippen LogP contribution in [0.5, 0.6) is 5.75 Å². The number of alkyl carbamates (subject to hydrolysis) is 1. The van der Waals surface area contributed by atoms with Crippen molar-refractivity contribution in [2.24, 2.45) is 0 Å². The van der Waals surface area contributed by atoms with Crippen molar-refractivity contribution in [2.45, 2.75) is 78.4 Å². The second-order valence-electron chi connectivity index (χ2n) is 10.2. The van der Waals surface area contributed by atoms with Crippen molar-refractivity contribution in [3.05, 3.63) is 59.7 Å². The van der Waals surface area contributed by atoms with E-state index >= 15 is 0 Å². The molecular weight excluding hydrogens is 482 g/mol. The fourth-order valence-corrected chi connectivity index (χ4v) is 3.96. The van der Waals surface area contributed by atoms with Crippen molar-refractivity contribution < 1.29 is 23.9 Å². The van der Waals surface area contributed by atoms with Crippen molar-refractivity contribution in [3.63, 3.8) is 0 Å². The molecule has 38 heavy (non-hydrogen) atoms. The Hall–Kier alpha value is -3.55. The Morgan fingerprint density at radius 3 is 2.13 bits per heavy atom. The molecule has 8 nitrogen and oxygen atoms in total. The lowest BCUT2D eigenvalue weighted by molar-refractivity contribution is -0.138. The summed E-state index contributed by atoms with van der Waals surface area (Å²) in [7, 11) is 1.58. The molecule has 2 aromatic rings. The number of hydrogen-bond acceptors (Lipinski definition) is 5. The quantitative estimate of drug-likeness (QED) is 0.319. The number of aryl methyl sites for hydroxylation is 1. The van der Waals surface area contributed by atoms with E-state index < -0.39 is 17.7 Å². The number of rotatable bonds is 13. The maximum Gasteiger partial charge on any atom is 0.408 e. The van der Waals surface area contributed by atoms with Gasteiger partial charge in [0.05, 0.1) is 7.11 Å². The van der Waals surface area contributed by atoms with Crippen molar-refractivity contribution >= 4 is 23.6 Å². The maximum atomic E-state index is 13.7. The number of amides is 3. The number of benzene rings is 2. The van der Waals surface area contributed by atoms with Crippen LogP contribution < -0.4 is 15.4 Å². The Morgan fingerprint density at radius 2 is 1.58 bits per heavy atom. The number of unbranched alkanes of at least 4 members (excludes halogenated alkanes) is 3. The highest BCUT2D eigenvalue weighted by Crippen LogP contribution is 2.26. The average Bonchev–Trinajstić information content (AvgIpc) is 2.88. The first kappa shape index (κ1) is 30.7. The largest absolute Gasteiger partial charge is 0.497 e. The summed E-state index contributed by atoms with van der Waals surface area (Å²) in [5.74, 6) is -0.0158. The molecule has 3 amide bonds. The minimum Gasteiger partial charge on any atom is -0.497 e. The van der Waals surface area contributed by atoms with E-state index in [1.807, 2.05) is 24.3 Å². The molecule has 0 saturated carbocycles. The van der Waals surface area contributed by atoms with Gasteiger partial charge in [0.1, 0.15) is 23.9 Å². The van der Waals surface area contributed by atoms with Gasteiger partial charge in [0.2, 0.25) is 5.91 Å². The van der Waals surface area contributed by atoms with E-state index in [4.69, 9.17) is 9.47 Å². The number of nitrogens with zero attached hydrogens (tertiary/aromatic N) is 1. The van der Waals surface area contributed by atoms with Crippen molar-refractivity contribution in [1.29, 1.82) is 0 Å². The van der Waals surface area contributed by atoms with Gasteiger partial charge < -0.3 is 25.0 Å². The summed E-state index contributed by atoms with van der Waals surface area (Å²) in [5, 5.41) is 5.50. The second-order valence-corrected chi connectivity index (χ2v) is 10.2. The third kappa shape index (κ3) is 10.1.